The maximum atomic E-state index is 14.3. The van der Waals surface area contributed by atoms with Crippen molar-refractivity contribution in [1.29, 1.82) is 0 Å². The average Bonchev–Trinajstić information content (AvgIpc) is 2.94. The van der Waals surface area contributed by atoms with Gasteiger partial charge in [-0.25, -0.2) is 8.42 Å². The van der Waals surface area contributed by atoms with Gasteiger partial charge in [0, 0.05) is 24.0 Å². The van der Waals surface area contributed by atoms with Gasteiger partial charge in [0.1, 0.15) is 12.6 Å². The summed E-state index contributed by atoms with van der Waals surface area (Å²) in [5.74, 6) is -0.684. The Kier molecular flexibility index (Phi) is 10.7. The number of nitrogens with one attached hydrogen (secondary N) is 1. The first-order valence-electron chi connectivity index (χ1n) is 14.4. The van der Waals surface area contributed by atoms with Crippen LogP contribution in [0.1, 0.15) is 54.4 Å². The van der Waals surface area contributed by atoms with Crippen molar-refractivity contribution >= 4 is 39.1 Å². The number of amides is 2. The summed E-state index contributed by atoms with van der Waals surface area (Å²) in [5.41, 5.74) is 3.80. The lowest BCUT2D eigenvalue weighted by molar-refractivity contribution is -0.140. The minimum absolute atomic E-state index is 0.0599. The van der Waals surface area contributed by atoms with E-state index in [-0.39, 0.29) is 18.5 Å². The molecule has 1 aliphatic carbocycles. The third kappa shape index (κ3) is 8.58. The summed E-state index contributed by atoms with van der Waals surface area (Å²) in [6.45, 7) is 3.44. The molecule has 9 heteroatoms. The summed E-state index contributed by atoms with van der Waals surface area (Å²) in [7, 11) is -3.85. The Balaban J connectivity index is 1.74. The number of benzene rings is 3. The van der Waals surface area contributed by atoms with Gasteiger partial charge in [0.15, 0.2) is 0 Å². The minimum Gasteiger partial charge on any atom is -0.352 e. The summed E-state index contributed by atoms with van der Waals surface area (Å²) in [6.07, 6.45) is 6.48. The fourth-order valence-electron chi connectivity index (χ4n) is 5.60. The Bertz CT molecular complexity index is 1490. The zero-order valence-electron chi connectivity index (χ0n) is 24.6. The van der Waals surface area contributed by atoms with Gasteiger partial charge in [-0.1, -0.05) is 91.0 Å². The topological polar surface area (TPSA) is 86.8 Å². The largest absolute Gasteiger partial charge is 0.352 e. The van der Waals surface area contributed by atoms with Crippen LogP contribution in [0, 0.1) is 13.8 Å². The number of rotatable bonds is 11. The molecule has 1 aliphatic rings. The van der Waals surface area contributed by atoms with Crippen LogP contribution >= 0.6 is 11.6 Å². The van der Waals surface area contributed by atoms with E-state index in [2.05, 4.69) is 5.32 Å². The number of carbonyl (C=O) groups is 2. The fraction of sp³-hybridized carbons (Fsp3) is 0.394. The molecule has 0 spiro atoms. The molecular weight excluding hydrogens is 570 g/mol. The Morgan fingerprint density at radius 1 is 0.929 bits per heavy atom. The Hall–Kier alpha value is -3.36. The van der Waals surface area contributed by atoms with E-state index in [9.17, 15) is 18.0 Å². The van der Waals surface area contributed by atoms with Crippen LogP contribution in [-0.2, 0) is 32.6 Å². The van der Waals surface area contributed by atoms with Crippen molar-refractivity contribution < 1.29 is 18.0 Å². The number of halogens is 1. The molecule has 42 heavy (non-hydrogen) atoms. The van der Waals surface area contributed by atoms with Gasteiger partial charge in [-0.3, -0.25) is 13.9 Å². The van der Waals surface area contributed by atoms with Gasteiger partial charge in [0.05, 0.1) is 11.9 Å². The summed E-state index contributed by atoms with van der Waals surface area (Å²) in [6, 6.07) is 21.5. The number of carbonyl (C=O) groups excluding carboxylic acids is 2. The summed E-state index contributed by atoms with van der Waals surface area (Å²) >= 11 is 6.14. The minimum atomic E-state index is -3.85. The van der Waals surface area contributed by atoms with E-state index < -0.39 is 28.5 Å². The molecule has 224 valence electrons. The van der Waals surface area contributed by atoms with Crippen LogP contribution in [0.25, 0.3) is 0 Å². The normalized spacial score (nSPS) is 14.7. The van der Waals surface area contributed by atoms with E-state index in [0.717, 1.165) is 59.4 Å². The van der Waals surface area contributed by atoms with Gasteiger partial charge < -0.3 is 10.2 Å². The van der Waals surface area contributed by atoms with Crippen molar-refractivity contribution in [3.05, 3.63) is 100 Å². The molecule has 3 aromatic rings. The van der Waals surface area contributed by atoms with Crippen molar-refractivity contribution in [2.75, 3.05) is 17.1 Å². The lowest BCUT2D eigenvalue weighted by Gasteiger charge is -2.35. The first-order valence-corrected chi connectivity index (χ1v) is 16.7. The number of nitrogens with zero attached hydrogens (tertiary/aromatic N) is 2. The zero-order chi connectivity index (χ0) is 30.3. The molecule has 0 aliphatic heterocycles. The molecule has 7 nitrogen and oxygen atoms in total. The van der Waals surface area contributed by atoms with E-state index in [1.54, 1.807) is 30.0 Å². The van der Waals surface area contributed by atoms with Crippen LogP contribution in [0.4, 0.5) is 5.69 Å². The predicted molar refractivity (Wildman–Crippen MR) is 169 cm³/mol. The maximum Gasteiger partial charge on any atom is 0.244 e. The van der Waals surface area contributed by atoms with Crippen molar-refractivity contribution in [3.63, 3.8) is 0 Å². The van der Waals surface area contributed by atoms with Gasteiger partial charge in [0.2, 0.25) is 21.8 Å². The molecule has 0 bridgehead atoms. The van der Waals surface area contributed by atoms with Crippen LogP contribution in [0.2, 0.25) is 5.02 Å². The smallest absolute Gasteiger partial charge is 0.244 e. The highest BCUT2D eigenvalue weighted by Gasteiger charge is 2.34. The quantitative estimate of drug-likeness (QED) is 0.297. The highest BCUT2D eigenvalue weighted by atomic mass is 35.5. The van der Waals surface area contributed by atoms with Gasteiger partial charge in [-0.2, -0.15) is 0 Å². The second-order valence-electron chi connectivity index (χ2n) is 11.3. The highest BCUT2D eigenvalue weighted by Crippen LogP contribution is 2.27. The summed E-state index contributed by atoms with van der Waals surface area (Å²) in [5, 5.41) is 3.69. The average molecular weight is 610 g/mol. The highest BCUT2D eigenvalue weighted by molar-refractivity contribution is 7.92. The molecule has 3 aromatic carbocycles. The SMILES string of the molecule is Cc1cccc(CN(C(=O)CN(c2ccc(Cl)cc2C)S(C)(=O)=O)C(Cc2ccccc2)C(=O)NC2CCCCC2)c1. The molecule has 1 atom stereocenters. The van der Waals surface area contributed by atoms with Gasteiger partial charge in [-0.15, -0.1) is 0 Å². The van der Waals surface area contributed by atoms with E-state index in [1.165, 1.54) is 0 Å². The van der Waals surface area contributed by atoms with Crippen molar-refractivity contribution in [2.45, 2.75) is 71.0 Å². The first kappa shape index (κ1) is 31.6. The predicted octanol–water partition coefficient (Wildman–Crippen LogP) is 5.81. The third-order valence-corrected chi connectivity index (χ3v) is 9.13. The number of anilines is 1. The summed E-state index contributed by atoms with van der Waals surface area (Å²) in [4.78, 5) is 29.8. The number of hydrogen-bond acceptors (Lipinski definition) is 4. The number of aryl methyl sites for hydroxylation is 2. The maximum absolute atomic E-state index is 14.3. The van der Waals surface area contributed by atoms with Crippen LogP contribution in [-0.4, -0.2) is 50.0 Å². The standard InChI is InChI=1S/C33H40ClN3O4S/c1-24-11-10-14-27(19-24)22-36(32(38)23-37(42(3,40)41)30-18-17-28(34)20-25(30)2)31(21-26-12-6-4-7-13-26)33(39)35-29-15-8-5-9-16-29/h4,6-7,10-14,17-20,29,31H,5,8-9,15-16,21-23H2,1-3H3,(H,35,39). The van der Waals surface area contributed by atoms with Crippen molar-refractivity contribution in [3.8, 4) is 0 Å². The molecule has 0 aromatic heterocycles. The Labute approximate surface area is 254 Å². The lowest BCUT2D eigenvalue weighted by atomic mass is 9.94. The Morgan fingerprint density at radius 2 is 1.62 bits per heavy atom. The molecule has 1 N–H and O–H groups in total. The van der Waals surface area contributed by atoms with Gasteiger partial charge in [-0.05, 0) is 61.6 Å². The lowest BCUT2D eigenvalue weighted by Crippen LogP contribution is -2.55. The molecule has 2 amide bonds. The Morgan fingerprint density at radius 3 is 2.26 bits per heavy atom. The molecule has 1 fully saturated rings. The molecule has 0 saturated heterocycles. The van der Waals surface area contributed by atoms with E-state index in [4.69, 9.17) is 11.6 Å². The molecule has 1 saturated carbocycles. The second-order valence-corrected chi connectivity index (χ2v) is 13.6. The van der Waals surface area contributed by atoms with Crippen molar-refractivity contribution in [1.82, 2.24) is 10.2 Å². The van der Waals surface area contributed by atoms with Crippen LogP contribution in [0.5, 0.6) is 0 Å². The first-order chi connectivity index (χ1) is 20.0. The molecular formula is C33H40ClN3O4S. The monoisotopic (exact) mass is 609 g/mol. The number of hydrogen-bond donors (Lipinski definition) is 1. The van der Waals surface area contributed by atoms with Crippen LogP contribution in [0.3, 0.4) is 0 Å². The molecule has 0 heterocycles. The third-order valence-electron chi connectivity index (χ3n) is 7.76. The molecule has 0 radical (unpaired) electrons. The van der Waals surface area contributed by atoms with E-state index >= 15 is 0 Å². The van der Waals surface area contributed by atoms with Gasteiger partial charge >= 0.3 is 0 Å². The fourth-order valence-corrected chi connectivity index (χ4v) is 6.73. The summed E-state index contributed by atoms with van der Waals surface area (Å²) < 4.78 is 27.2. The van der Waals surface area contributed by atoms with E-state index in [1.807, 2.05) is 61.5 Å². The van der Waals surface area contributed by atoms with Crippen LogP contribution in [0.15, 0.2) is 72.8 Å². The second kappa shape index (κ2) is 14.2. The van der Waals surface area contributed by atoms with E-state index in [0.29, 0.717) is 22.7 Å². The molecule has 1 unspecified atom stereocenters. The van der Waals surface area contributed by atoms with Gasteiger partial charge in [0.25, 0.3) is 0 Å². The zero-order valence-corrected chi connectivity index (χ0v) is 26.1. The van der Waals surface area contributed by atoms with Crippen LogP contribution < -0.4 is 9.62 Å². The van der Waals surface area contributed by atoms with Crippen molar-refractivity contribution in [2.24, 2.45) is 0 Å². The number of sulfonamides is 1. The molecule has 4 rings (SSSR count).